The van der Waals surface area contributed by atoms with Gasteiger partial charge >= 0.3 is 0 Å². The minimum absolute atomic E-state index is 0.648. The number of rotatable bonds is 10. The number of hydrogen-bond donors (Lipinski definition) is 0. The maximum absolute atomic E-state index is 5.58. The third-order valence-corrected chi connectivity index (χ3v) is 6.59. The highest BCUT2D eigenvalue weighted by Crippen LogP contribution is 2.31. The molecule has 0 amide bonds. The molecule has 1 heterocycles. The molecule has 27 heavy (non-hydrogen) atoms. The van der Waals surface area contributed by atoms with Crippen molar-refractivity contribution >= 4 is 24.0 Å². The zero-order valence-corrected chi connectivity index (χ0v) is 16.6. The van der Waals surface area contributed by atoms with Gasteiger partial charge in [-0.15, -0.1) is 0 Å². The summed E-state index contributed by atoms with van der Waals surface area (Å²) in [6.45, 7) is 2.07. The van der Waals surface area contributed by atoms with Crippen molar-refractivity contribution in [3.8, 4) is 0 Å². The Morgan fingerprint density at radius 2 is 1.48 bits per heavy atom. The van der Waals surface area contributed by atoms with Crippen molar-refractivity contribution in [1.82, 2.24) is 4.98 Å². The van der Waals surface area contributed by atoms with Crippen molar-refractivity contribution in [3.05, 3.63) is 84.6 Å². The summed E-state index contributed by atoms with van der Waals surface area (Å²) < 4.78 is 10.6. The van der Waals surface area contributed by atoms with Crippen LogP contribution in [0.25, 0.3) is 0 Å². The van der Waals surface area contributed by atoms with E-state index in [9.17, 15) is 0 Å². The molecular formula is C23H26NO2P. The van der Waals surface area contributed by atoms with Gasteiger partial charge in [-0.1, -0.05) is 60.7 Å². The van der Waals surface area contributed by atoms with Gasteiger partial charge in [0.25, 0.3) is 0 Å². The summed E-state index contributed by atoms with van der Waals surface area (Å²) in [5.74, 6) is 0. The van der Waals surface area contributed by atoms with E-state index in [-0.39, 0.29) is 0 Å². The lowest BCUT2D eigenvalue weighted by Crippen LogP contribution is -2.23. The minimum Gasteiger partial charge on any atom is -0.382 e. The van der Waals surface area contributed by atoms with Crippen molar-refractivity contribution < 1.29 is 9.47 Å². The smallest absolute Gasteiger partial charge is 0.0723 e. The Labute approximate surface area is 163 Å². The molecule has 0 aliphatic rings. The Morgan fingerprint density at radius 3 is 2.11 bits per heavy atom. The van der Waals surface area contributed by atoms with Crippen molar-refractivity contribution in [2.45, 2.75) is 12.8 Å². The first-order chi connectivity index (χ1) is 13.4. The number of aryl methyl sites for hydroxylation is 1. The van der Waals surface area contributed by atoms with E-state index in [1.807, 2.05) is 6.20 Å². The molecule has 4 heteroatoms. The quantitative estimate of drug-likeness (QED) is 0.400. The number of aromatic nitrogens is 1. The fraction of sp³-hybridized carbons (Fsp3) is 0.261. The second-order valence-corrected chi connectivity index (χ2v) is 8.40. The molecule has 0 bridgehead atoms. The van der Waals surface area contributed by atoms with Crippen LogP contribution in [0.2, 0.25) is 0 Å². The summed E-state index contributed by atoms with van der Waals surface area (Å²) in [6.07, 6.45) is 3.94. The third-order valence-electron chi connectivity index (χ3n) is 4.25. The molecule has 3 nitrogen and oxygen atoms in total. The zero-order valence-electron chi connectivity index (χ0n) is 15.8. The van der Waals surface area contributed by atoms with Crippen LogP contribution in [-0.2, 0) is 15.9 Å². The molecule has 0 spiro atoms. The van der Waals surface area contributed by atoms with Crippen LogP contribution in [0.4, 0.5) is 0 Å². The number of ether oxygens (including phenoxy) is 2. The lowest BCUT2D eigenvalue weighted by Gasteiger charge is -2.18. The minimum atomic E-state index is -0.648. The summed E-state index contributed by atoms with van der Waals surface area (Å²) in [5, 5.41) is 2.65. The van der Waals surface area contributed by atoms with Gasteiger partial charge in [0, 0.05) is 27.8 Å². The van der Waals surface area contributed by atoms with Crippen molar-refractivity contribution in [1.29, 1.82) is 0 Å². The predicted octanol–water partition coefficient (Wildman–Crippen LogP) is 3.44. The summed E-state index contributed by atoms with van der Waals surface area (Å²) in [6, 6.07) is 25.8. The van der Waals surface area contributed by atoms with Gasteiger partial charge < -0.3 is 9.47 Å². The van der Waals surface area contributed by atoms with Gasteiger partial charge in [-0.05, 0) is 41.1 Å². The lowest BCUT2D eigenvalue weighted by atomic mass is 10.1. The third kappa shape index (κ3) is 5.97. The van der Waals surface area contributed by atoms with Gasteiger partial charge in [0.05, 0.1) is 18.6 Å². The molecule has 3 aromatic rings. The van der Waals surface area contributed by atoms with Crippen LogP contribution >= 0.6 is 7.92 Å². The lowest BCUT2D eigenvalue weighted by molar-refractivity contribution is 0.0695. The second-order valence-electron chi connectivity index (χ2n) is 6.24. The summed E-state index contributed by atoms with van der Waals surface area (Å²) in [7, 11) is 1.05. The molecule has 1 aromatic heterocycles. The Morgan fingerprint density at radius 1 is 0.815 bits per heavy atom. The van der Waals surface area contributed by atoms with E-state index < -0.39 is 7.92 Å². The van der Waals surface area contributed by atoms with Gasteiger partial charge in [-0.2, -0.15) is 0 Å². The number of hydrogen-bond acceptors (Lipinski definition) is 3. The average molecular weight is 379 g/mol. The molecular weight excluding hydrogens is 353 g/mol. The summed E-state index contributed by atoms with van der Waals surface area (Å²) in [5.41, 5.74) is 2.47. The molecule has 0 saturated heterocycles. The molecule has 0 N–H and O–H groups in total. The number of pyridine rings is 1. The van der Waals surface area contributed by atoms with E-state index in [1.165, 1.54) is 16.2 Å². The standard InChI is InChI=1S/C23H26NO2P/c1-25-17-18-26-16-8-9-20-14-15-24-23(19-20)27(21-10-4-2-5-11-21)22-12-6-3-7-13-22/h2-7,10-15,19H,8-9,16-18H2,1H3. The Kier molecular flexibility index (Phi) is 7.98. The molecule has 2 aromatic carbocycles. The van der Waals surface area contributed by atoms with Gasteiger partial charge in [-0.3, -0.25) is 4.98 Å². The largest absolute Gasteiger partial charge is 0.382 e. The van der Waals surface area contributed by atoms with E-state index >= 15 is 0 Å². The highest BCUT2D eigenvalue weighted by Gasteiger charge is 2.17. The normalized spacial score (nSPS) is 11.0. The van der Waals surface area contributed by atoms with E-state index in [2.05, 4.69) is 72.8 Å². The SMILES string of the molecule is COCCOCCCc1ccnc(P(c2ccccc2)c2ccccc2)c1. The average Bonchev–Trinajstić information content (AvgIpc) is 2.73. The molecule has 0 radical (unpaired) electrons. The first-order valence-corrected chi connectivity index (χ1v) is 10.6. The van der Waals surface area contributed by atoms with Crippen LogP contribution in [0, 0.1) is 0 Å². The fourth-order valence-corrected chi connectivity index (χ4v) is 5.17. The molecule has 0 unspecified atom stereocenters. The Bertz CT molecular complexity index is 756. The van der Waals surface area contributed by atoms with E-state index in [4.69, 9.17) is 14.5 Å². The Balaban J connectivity index is 1.75. The highest BCUT2D eigenvalue weighted by atomic mass is 31.1. The van der Waals surface area contributed by atoms with Crippen molar-refractivity contribution in [2.24, 2.45) is 0 Å². The molecule has 0 saturated carbocycles. The Hall–Kier alpha value is -2.06. The van der Waals surface area contributed by atoms with Crippen LogP contribution in [0.3, 0.4) is 0 Å². The van der Waals surface area contributed by atoms with Crippen LogP contribution in [0.1, 0.15) is 12.0 Å². The molecule has 3 rings (SSSR count). The van der Waals surface area contributed by atoms with E-state index in [1.54, 1.807) is 7.11 Å². The molecule has 0 fully saturated rings. The summed E-state index contributed by atoms with van der Waals surface area (Å²) in [4.78, 5) is 4.74. The topological polar surface area (TPSA) is 31.4 Å². The van der Waals surface area contributed by atoms with Crippen molar-refractivity contribution in [3.63, 3.8) is 0 Å². The number of methoxy groups -OCH3 is 1. The first-order valence-electron chi connectivity index (χ1n) is 9.30. The summed E-state index contributed by atoms with van der Waals surface area (Å²) >= 11 is 0. The van der Waals surface area contributed by atoms with Gasteiger partial charge in [-0.25, -0.2) is 0 Å². The zero-order chi connectivity index (χ0) is 18.7. The van der Waals surface area contributed by atoms with Crippen LogP contribution < -0.4 is 16.0 Å². The van der Waals surface area contributed by atoms with Crippen LogP contribution in [-0.4, -0.2) is 31.9 Å². The maximum atomic E-state index is 5.58. The van der Waals surface area contributed by atoms with Gasteiger partial charge in [0.1, 0.15) is 0 Å². The van der Waals surface area contributed by atoms with Crippen molar-refractivity contribution in [2.75, 3.05) is 26.9 Å². The highest BCUT2D eigenvalue weighted by molar-refractivity contribution is 7.79. The first kappa shape index (κ1) is 19.7. The molecule has 0 aliphatic carbocycles. The maximum Gasteiger partial charge on any atom is 0.0723 e. The van der Waals surface area contributed by atoms with Crippen LogP contribution in [0.5, 0.6) is 0 Å². The molecule has 0 atom stereocenters. The fourth-order valence-electron chi connectivity index (χ4n) is 2.93. The number of nitrogens with zero attached hydrogens (tertiary/aromatic N) is 1. The molecule has 140 valence electrons. The van der Waals surface area contributed by atoms with Gasteiger partial charge in [0.15, 0.2) is 0 Å². The second kappa shape index (κ2) is 10.9. The molecule has 0 aliphatic heterocycles. The van der Waals surface area contributed by atoms with Gasteiger partial charge in [0.2, 0.25) is 0 Å². The van der Waals surface area contributed by atoms with E-state index in [0.717, 1.165) is 24.9 Å². The number of benzene rings is 2. The van der Waals surface area contributed by atoms with E-state index in [0.29, 0.717) is 13.2 Å². The van der Waals surface area contributed by atoms with Crippen LogP contribution in [0.15, 0.2) is 79.0 Å². The monoisotopic (exact) mass is 379 g/mol. The predicted molar refractivity (Wildman–Crippen MR) is 114 cm³/mol.